The van der Waals surface area contributed by atoms with Crippen molar-refractivity contribution in [2.24, 2.45) is 5.73 Å². The second-order valence-electron chi connectivity index (χ2n) is 3.49. The van der Waals surface area contributed by atoms with Gasteiger partial charge in [0.05, 0.1) is 0 Å². The Morgan fingerprint density at radius 2 is 2.00 bits per heavy atom. The molecule has 16 heavy (non-hydrogen) atoms. The molecule has 0 aliphatic heterocycles. The van der Waals surface area contributed by atoms with E-state index in [-0.39, 0.29) is 5.75 Å². The number of aromatic nitrogens is 1. The molecule has 0 amide bonds. The number of fused-ring (bicyclic) bond motifs is 1. The summed E-state index contributed by atoms with van der Waals surface area (Å²) < 4.78 is 0. The maximum absolute atomic E-state index is 9.31. The van der Waals surface area contributed by atoms with Crippen molar-refractivity contribution in [2.45, 2.75) is 19.8 Å². The minimum absolute atomic E-state index is 0.239. The van der Waals surface area contributed by atoms with Gasteiger partial charge in [-0.3, -0.25) is 4.98 Å². The van der Waals surface area contributed by atoms with Crippen LogP contribution in [0, 0.1) is 0 Å². The van der Waals surface area contributed by atoms with Crippen LogP contribution in [0.25, 0.3) is 10.9 Å². The van der Waals surface area contributed by atoms with Crippen LogP contribution in [0.1, 0.15) is 19.8 Å². The Hall–Kier alpha value is -1.61. The second-order valence-corrected chi connectivity index (χ2v) is 3.49. The zero-order chi connectivity index (χ0) is 11.8. The van der Waals surface area contributed by atoms with Gasteiger partial charge in [0, 0.05) is 11.6 Å². The minimum atomic E-state index is 0.239. The number of rotatable bonds is 2. The van der Waals surface area contributed by atoms with Gasteiger partial charge in [0.1, 0.15) is 11.3 Å². The third-order valence-electron chi connectivity index (χ3n) is 2.17. The highest BCUT2D eigenvalue weighted by Crippen LogP contribution is 2.20. The molecule has 0 aliphatic rings. The van der Waals surface area contributed by atoms with Gasteiger partial charge in [-0.15, -0.1) is 0 Å². The molecule has 0 spiro atoms. The second kappa shape index (κ2) is 6.80. The molecule has 0 unspecified atom stereocenters. The average Bonchev–Trinajstić information content (AvgIpc) is 2.32. The van der Waals surface area contributed by atoms with E-state index < -0.39 is 0 Å². The summed E-state index contributed by atoms with van der Waals surface area (Å²) in [6.07, 6.45) is 4.05. The summed E-state index contributed by atoms with van der Waals surface area (Å²) in [5.74, 6) is 0.239. The van der Waals surface area contributed by atoms with Crippen LogP contribution in [0.15, 0.2) is 36.5 Å². The van der Waals surface area contributed by atoms with E-state index in [1.165, 1.54) is 12.8 Å². The molecule has 1 aromatic heterocycles. The number of nitrogens with two attached hydrogens (primary N) is 1. The topological polar surface area (TPSA) is 59.1 Å². The number of phenolic OH excluding ortho intramolecular Hbond substituents is 1. The number of nitrogens with zero attached hydrogens (tertiary/aromatic N) is 1. The van der Waals surface area contributed by atoms with E-state index in [2.05, 4.69) is 11.9 Å². The third kappa shape index (κ3) is 3.51. The van der Waals surface area contributed by atoms with Crippen LogP contribution in [-0.4, -0.2) is 16.6 Å². The zero-order valence-electron chi connectivity index (χ0n) is 9.56. The van der Waals surface area contributed by atoms with E-state index in [4.69, 9.17) is 5.73 Å². The molecule has 0 saturated carbocycles. The maximum Gasteiger partial charge on any atom is 0.141 e. The van der Waals surface area contributed by atoms with Crippen molar-refractivity contribution in [3.8, 4) is 5.75 Å². The van der Waals surface area contributed by atoms with Crippen LogP contribution in [0.3, 0.4) is 0 Å². The summed E-state index contributed by atoms with van der Waals surface area (Å²) in [5.41, 5.74) is 5.80. The minimum Gasteiger partial charge on any atom is -0.506 e. The molecule has 0 atom stereocenters. The lowest BCUT2D eigenvalue weighted by molar-refractivity contribution is 0.480. The van der Waals surface area contributed by atoms with Gasteiger partial charge < -0.3 is 10.8 Å². The Bertz CT molecular complexity index is 422. The lowest BCUT2D eigenvalue weighted by atomic mass is 10.2. The predicted octanol–water partition coefficient (Wildman–Crippen LogP) is 2.69. The van der Waals surface area contributed by atoms with E-state index in [0.29, 0.717) is 5.52 Å². The monoisotopic (exact) mass is 218 g/mol. The van der Waals surface area contributed by atoms with Gasteiger partial charge in [-0.1, -0.05) is 31.5 Å². The summed E-state index contributed by atoms with van der Waals surface area (Å²) in [4.78, 5) is 4.03. The number of para-hydroxylation sites is 1. The van der Waals surface area contributed by atoms with E-state index in [0.717, 1.165) is 11.9 Å². The Labute approximate surface area is 95.9 Å². The van der Waals surface area contributed by atoms with Gasteiger partial charge >= 0.3 is 0 Å². The van der Waals surface area contributed by atoms with Gasteiger partial charge in [0.25, 0.3) is 0 Å². The highest BCUT2D eigenvalue weighted by atomic mass is 16.3. The standard InChI is InChI=1S/C9H7NO.C4H11N/c11-8-5-1-3-7-4-2-6-10-9(7)8;1-2-3-4-5/h1-6,11H;2-5H2,1H3. The molecule has 86 valence electrons. The molecule has 1 aromatic carbocycles. The fourth-order valence-corrected chi connectivity index (χ4v) is 1.29. The third-order valence-corrected chi connectivity index (χ3v) is 2.17. The first-order chi connectivity index (χ1) is 7.79. The van der Waals surface area contributed by atoms with Crippen molar-refractivity contribution < 1.29 is 5.11 Å². The fraction of sp³-hybridized carbons (Fsp3) is 0.308. The molecule has 0 radical (unpaired) electrons. The Balaban J connectivity index is 0.000000221. The number of unbranched alkanes of at least 4 members (excludes halogenated alkanes) is 1. The number of benzene rings is 1. The summed E-state index contributed by atoms with van der Waals surface area (Å²) in [5, 5.41) is 10.3. The molecule has 2 rings (SSSR count). The van der Waals surface area contributed by atoms with Gasteiger partial charge in [-0.25, -0.2) is 0 Å². The van der Waals surface area contributed by atoms with E-state index in [1.807, 2.05) is 18.2 Å². The first-order valence-electron chi connectivity index (χ1n) is 5.52. The molecule has 3 nitrogen and oxygen atoms in total. The summed E-state index contributed by atoms with van der Waals surface area (Å²) in [6, 6.07) is 9.13. The van der Waals surface area contributed by atoms with Gasteiger partial charge in [-0.2, -0.15) is 0 Å². The number of phenols is 1. The van der Waals surface area contributed by atoms with Crippen LogP contribution < -0.4 is 5.73 Å². The molecule has 2 aromatic rings. The van der Waals surface area contributed by atoms with Crippen LogP contribution >= 0.6 is 0 Å². The molecular weight excluding hydrogens is 200 g/mol. The van der Waals surface area contributed by atoms with Crippen LogP contribution in [-0.2, 0) is 0 Å². The van der Waals surface area contributed by atoms with Crippen LogP contribution in [0.5, 0.6) is 5.75 Å². The highest BCUT2D eigenvalue weighted by molar-refractivity contribution is 5.83. The van der Waals surface area contributed by atoms with Gasteiger partial charge in [-0.05, 0) is 25.1 Å². The van der Waals surface area contributed by atoms with E-state index in [1.54, 1.807) is 18.3 Å². The number of hydrogen-bond donors (Lipinski definition) is 2. The number of hydrogen-bond acceptors (Lipinski definition) is 3. The van der Waals surface area contributed by atoms with Crippen molar-refractivity contribution in [2.75, 3.05) is 6.54 Å². The largest absolute Gasteiger partial charge is 0.506 e. The number of aromatic hydroxyl groups is 1. The average molecular weight is 218 g/mol. The summed E-state index contributed by atoms with van der Waals surface area (Å²) >= 11 is 0. The lowest BCUT2D eigenvalue weighted by Crippen LogP contribution is -1.95. The fourth-order valence-electron chi connectivity index (χ4n) is 1.29. The predicted molar refractivity (Wildman–Crippen MR) is 67.4 cm³/mol. The van der Waals surface area contributed by atoms with Gasteiger partial charge in [0.15, 0.2) is 0 Å². The molecule has 3 N–H and O–H groups in total. The first kappa shape index (κ1) is 12.5. The van der Waals surface area contributed by atoms with Crippen molar-refractivity contribution in [3.63, 3.8) is 0 Å². The van der Waals surface area contributed by atoms with Crippen molar-refractivity contribution in [1.29, 1.82) is 0 Å². The molecule has 0 fully saturated rings. The zero-order valence-corrected chi connectivity index (χ0v) is 9.56. The van der Waals surface area contributed by atoms with E-state index >= 15 is 0 Å². The smallest absolute Gasteiger partial charge is 0.141 e. The SMILES string of the molecule is CCCCN.Oc1cccc2cccnc12. The first-order valence-corrected chi connectivity index (χ1v) is 5.52. The summed E-state index contributed by atoms with van der Waals surface area (Å²) in [7, 11) is 0. The highest BCUT2D eigenvalue weighted by Gasteiger charge is 1.96. The molecule has 1 heterocycles. The Morgan fingerprint density at radius 3 is 2.56 bits per heavy atom. The Morgan fingerprint density at radius 1 is 1.25 bits per heavy atom. The quantitative estimate of drug-likeness (QED) is 0.814. The number of pyridine rings is 1. The van der Waals surface area contributed by atoms with E-state index in [9.17, 15) is 5.11 Å². The maximum atomic E-state index is 9.31. The van der Waals surface area contributed by atoms with Crippen LogP contribution in [0.2, 0.25) is 0 Å². The van der Waals surface area contributed by atoms with Crippen molar-refractivity contribution >= 4 is 10.9 Å². The van der Waals surface area contributed by atoms with Gasteiger partial charge in [0.2, 0.25) is 0 Å². The molecule has 3 heteroatoms. The molecule has 0 saturated heterocycles. The van der Waals surface area contributed by atoms with Crippen molar-refractivity contribution in [1.82, 2.24) is 4.98 Å². The van der Waals surface area contributed by atoms with Crippen LogP contribution in [0.4, 0.5) is 0 Å². The normalized spacial score (nSPS) is 9.62. The van der Waals surface area contributed by atoms with Crippen molar-refractivity contribution in [3.05, 3.63) is 36.5 Å². The lowest BCUT2D eigenvalue weighted by Gasteiger charge is -1.96. The summed E-state index contributed by atoms with van der Waals surface area (Å²) in [6.45, 7) is 2.98. The molecule has 0 aliphatic carbocycles. The molecule has 0 bridgehead atoms. The Kier molecular flexibility index (Phi) is 5.29. The molecular formula is C13H18N2O.